The zero-order chi connectivity index (χ0) is 13.9. The van der Waals surface area contributed by atoms with Gasteiger partial charge in [0, 0.05) is 16.9 Å². The Morgan fingerprint density at radius 2 is 1.72 bits per heavy atom. The van der Waals surface area contributed by atoms with Crippen LogP contribution >= 0.6 is 11.5 Å². The number of rotatable bonds is 5. The van der Waals surface area contributed by atoms with E-state index in [4.69, 9.17) is 10.2 Å². The molecule has 0 bridgehead atoms. The van der Waals surface area contributed by atoms with Crippen LogP contribution < -0.4 is 4.90 Å². The van der Waals surface area contributed by atoms with Crippen molar-refractivity contribution in [2.24, 2.45) is 0 Å². The van der Waals surface area contributed by atoms with Gasteiger partial charge in [0.05, 0.1) is 0 Å². The zero-order valence-corrected chi connectivity index (χ0v) is 11.2. The molecule has 1 heterocycles. The van der Waals surface area contributed by atoms with E-state index < -0.39 is 25.0 Å². The lowest BCUT2D eigenvalue weighted by Gasteiger charge is -2.17. The topological polar surface area (TPSA) is 104 Å². The van der Waals surface area contributed by atoms with Gasteiger partial charge in [-0.25, -0.2) is 4.98 Å². The third-order valence-corrected chi connectivity index (χ3v) is 2.79. The predicted molar refractivity (Wildman–Crippen MR) is 66.1 cm³/mol. The summed E-state index contributed by atoms with van der Waals surface area (Å²) in [6.07, 6.45) is 0. The molecule has 0 spiro atoms. The number of nitrogens with zero attached hydrogens (tertiary/aromatic N) is 3. The number of aliphatic carboxylic acids is 2. The van der Waals surface area contributed by atoms with E-state index in [1.165, 1.54) is 4.90 Å². The summed E-state index contributed by atoms with van der Waals surface area (Å²) in [6, 6.07) is 0. The SMILES string of the molecule is CC(C)(C)c1nsc(N(CC(=O)O)CC(=O)O)n1. The highest BCUT2D eigenvalue weighted by atomic mass is 32.1. The lowest BCUT2D eigenvalue weighted by molar-refractivity contribution is -0.136. The molecule has 0 aliphatic rings. The molecule has 0 aliphatic carbocycles. The van der Waals surface area contributed by atoms with Crippen LogP contribution in [0.25, 0.3) is 0 Å². The Morgan fingerprint density at radius 3 is 2.06 bits per heavy atom. The van der Waals surface area contributed by atoms with Gasteiger partial charge in [-0.2, -0.15) is 4.37 Å². The van der Waals surface area contributed by atoms with E-state index in [1.54, 1.807) is 0 Å². The van der Waals surface area contributed by atoms with E-state index in [0.29, 0.717) is 11.0 Å². The van der Waals surface area contributed by atoms with Gasteiger partial charge in [-0.3, -0.25) is 9.59 Å². The molecule has 0 aromatic carbocycles. The average Bonchev–Trinajstić information content (AvgIpc) is 2.62. The van der Waals surface area contributed by atoms with Crippen molar-refractivity contribution in [3.63, 3.8) is 0 Å². The van der Waals surface area contributed by atoms with Gasteiger partial charge in [0.25, 0.3) is 0 Å². The van der Waals surface area contributed by atoms with Crippen molar-refractivity contribution in [2.75, 3.05) is 18.0 Å². The molecule has 0 fully saturated rings. The van der Waals surface area contributed by atoms with Crippen LogP contribution in [0.4, 0.5) is 5.13 Å². The molecule has 0 amide bonds. The second-order valence-corrected chi connectivity index (χ2v) is 5.52. The highest BCUT2D eigenvalue weighted by Crippen LogP contribution is 2.25. The highest BCUT2D eigenvalue weighted by Gasteiger charge is 2.23. The number of anilines is 1. The van der Waals surface area contributed by atoms with Crippen molar-refractivity contribution in [1.29, 1.82) is 0 Å². The third kappa shape index (κ3) is 3.95. The Kier molecular flexibility index (Phi) is 4.23. The van der Waals surface area contributed by atoms with Crippen LogP contribution in [-0.4, -0.2) is 44.6 Å². The molecule has 0 radical (unpaired) electrons. The first-order valence-corrected chi connectivity index (χ1v) is 6.00. The van der Waals surface area contributed by atoms with E-state index in [2.05, 4.69) is 9.36 Å². The second-order valence-electron chi connectivity index (χ2n) is 4.79. The van der Waals surface area contributed by atoms with E-state index in [9.17, 15) is 9.59 Å². The van der Waals surface area contributed by atoms with E-state index >= 15 is 0 Å². The van der Waals surface area contributed by atoms with Gasteiger partial charge in [0.1, 0.15) is 18.9 Å². The van der Waals surface area contributed by atoms with Gasteiger partial charge in [0.15, 0.2) is 0 Å². The van der Waals surface area contributed by atoms with Crippen molar-refractivity contribution in [1.82, 2.24) is 9.36 Å². The Bertz CT molecular complexity index is 436. The standard InChI is InChI=1S/C10H15N3O4S/c1-10(2,3)8-11-9(18-12-8)13(4-6(14)15)5-7(16)17/h4-5H2,1-3H3,(H,14,15)(H,16,17). The maximum atomic E-state index is 10.7. The number of carbonyl (C=O) groups is 2. The lowest BCUT2D eigenvalue weighted by atomic mass is 9.96. The zero-order valence-electron chi connectivity index (χ0n) is 10.4. The molecule has 0 saturated carbocycles. The van der Waals surface area contributed by atoms with Crippen molar-refractivity contribution in [3.05, 3.63) is 5.82 Å². The molecule has 18 heavy (non-hydrogen) atoms. The minimum Gasteiger partial charge on any atom is -0.480 e. The summed E-state index contributed by atoms with van der Waals surface area (Å²) >= 11 is 1.01. The number of hydrogen-bond acceptors (Lipinski definition) is 6. The Hall–Kier alpha value is -1.70. The smallest absolute Gasteiger partial charge is 0.323 e. The largest absolute Gasteiger partial charge is 0.480 e. The second kappa shape index (κ2) is 5.30. The molecule has 0 atom stereocenters. The summed E-state index contributed by atoms with van der Waals surface area (Å²) in [6.45, 7) is 4.96. The monoisotopic (exact) mass is 273 g/mol. The number of hydrogen-bond donors (Lipinski definition) is 2. The molecule has 100 valence electrons. The maximum Gasteiger partial charge on any atom is 0.323 e. The van der Waals surface area contributed by atoms with Gasteiger partial charge < -0.3 is 15.1 Å². The predicted octanol–water partition coefficient (Wildman–Crippen LogP) is 0.811. The summed E-state index contributed by atoms with van der Waals surface area (Å²) < 4.78 is 4.13. The fourth-order valence-corrected chi connectivity index (χ4v) is 2.02. The van der Waals surface area contributed by atoms with Crippen LogP contribution in [0.3, 0.4) is 0 Å². The summed E-state index contributed by atoms with van der Waals surface area (Å²) in [5.74, 6) is -1.64. The van der Waals surface area contributed by atoms with Crippen LogP contribution in [-0.2, 0) is 15.0 Å². The molecule has 1 aromatic heterocycles. The van der Waals surface area contributed by atoms with Crippen molar-refractivity contribution >= 4 is 28.6 Å². The quantitative estimate of drug-likeness (QED) is 0.818. The average molecular weight is 273 g/mol. The van der Waals surface area contributed by atoms with Gasteiger partial charge >= 0.3 is 11.9 Å². The Morgan fingerprint density at radius 1 is 1.22 bits per heavy atom. The third-order valence-electron chi connectivity index (χ3n) is 2.01. The van der Waals surface area contributed by atoms with Crippen LogP contribution in [0.15, 0.2) is 0 Å². The molecule has 1 rings (SSSR count). The minimum atomic E-state index is -1.11. The van der Waals surface area contributed by atoms with Gasteiger partial charge in [0.2, 0.25) is 5.13 Å². The minimum absolute atomic E-state index is 0.257. The molecule has 1 aromatic rings. The van der Waals surface area contributed by atoms with Crippen molar-refractivity contribution in [2.45, 2.75) is 26.2 Å². The van der Waals surface area contributed by atoms with Crippen LogP contribution in [0.2, 0.25) is 0 Å². The summed E-state index contributed by atoms with van der Waals surface area (Å²) in [4.78, 5) is 26.8. The first-order valence-electron chi connectivity index (χ1n) is 5.23. The number of carboxylic acid groups (broad SMARTS) is 2. The summed E-state index contributed by atoms with van der Waals surface area (Å²) in [5.41, 5.74) is -0.257. The molecular weight excluding hydrogens is 258 g/mol. The van der Waals surface area contributed by atoms with Gasteiger partial charge in [-0.05, 0) is 0 Å². The first kappa shape index (κ1) is 14.4. The molecule has 2 N–H and O–H groups in total. The summed E-state index contributed by atoms with van der Waals surface area (Å²) in [5, 5.41) is 17.8. The van der Waals surface area contributed by atoms with E-state index in [-0.39, 0.29) is 5.41 Å². The van der Waals surface area contributed by atoms with Crippen molar-refractivity contribution in [3.8, 4) is 0 Å². The highest BCUT2D eigenvalue weighted by molar-refractivity contribution is 7.09. The van der Waals surface area contributed by atoms with E-state index in [0.717, 1.165) is 11.5 Å². The van der Waals surface area contributed by atoms with Crippen LogP contribution in [0, 0.1) is 0 Å². The van der Waals surface area contributed by atoms with Crippen LogP contribution in [0.1, 0.15) is 26.6 Å². The molecule has 7 nitrogen and oxygen atoms in total. The normalized spacial score (nSPS) is 11.3. The molecule has 0 unspecified atom stereocenters. The number of aromatic nitrogens is 2. The summed E-state index contributed by atoms with van der Waals surface area (Å²) in [7, 11) is 0. The van der Waals surface area contributed by atoms with Gasteiger partial charge in [-0.15, -0.1) is 0 Å². The first-order chi connectivity index (χ1) is 8.20. The fraction of sp³-hybridized carbons (Fsp3) is 0.600. The lowest BCUT2D eigenvalue weighted by Crippen LogP contribution is -2.34. The maximum absolute atomic E-state index is 10.7. The molecule has 8 heteroatoms. The number of carboxylic acids is 2. The van der Waals surface area contributed by atoms with Crippen molar-refractivity contribution < 1.29 is 19.8 Å². The van der Waals surface area contributed by atoms with Crippen LogP contribution in [0.5, 0.6) is 0 Å². The molecular formula is C10H15N3O4S. The van der Waals surface area contributed by atoms with Gasteiger partial charge in [-0.1, -0.05) is 20.8 Å². The Labute approximate surface area is 108 Å². The fourth-order valence-electron chi connectivity index (χ4n) is 1.17. The Balaban J connectivity index is 2.95. The molecule has 0 aliphatic heterocycles. The van der Waals surface area contributed by atoms with E-state index in [1.807, 2.05) is 20.8 Å². The molecule has 0 saturated heterocycles.